The number of aromatic carboxylic acids is 1. The number of benzene rings is 2. The van der Waals surface area contributed by atoms with Crippen LogP contribution in [-0.2, 0) is 0 Å². The molecule has 0 saturated carbocycles. The molecule has 0 heterocycles. The minimum Gasteiger partial charge on any atom is -0.507 e. The minimum atomic E-state index is -1.22. The third-order valence-corrected chi connectivity index (χ3v) is 2.80. The molecule has 2 aromatic rings. The van der Waals surface area contributed by atoms with Gasteiger partial charge in [0.2, 0.25) is 0 Å². The van der Waals surface area contributed by atoms with Crippen LogP contribution in [0.25, 0.3) is 0 Å². The van der Waals surface area contributed by atoms with Gasteiger partial charge in [0, 0.05) is 5.69 Å². The molecule has 20 heavy (non-hydrogen) atoms. The predicted octanol–water partition coefficient (Wildman–Crippen LogP) is 2.77. The van der Waals surface area contributed by atoms with Crippen LogP contribution in [0.5, 0.6) is 5.75 Å². The molecular weight excluding hydrogens is 256 g/mol. The number of aromatic hydroxyl groups is 1. The third-order valence-electron chi connectivity index (χ3n) is 2.80. The van der Waals surface area contributed by atoms with Crippen molar-refractivity contribution < 1.29 is 15.0 Å². The van der Waals surface area contributed by atoms with Gasteiger partial charge >= 0.3 is 5.97 Å². The van der Waals surface area contributed by atoms with Crippen LogP contribution in [0.3, 0.4) is 0 Å². The smallest absolute Gasteiger partial charge is 0.339 e. The van der Waals surface area contributed by atoms with E-state index in [1.165, 1.54) is 18.2 Å². The quantitative estimate of drug-likeness (QED) is 0.741. The molecule has 0 aromatic heterocycles. The van der Waals surface area contributed by atoms with Crippen LogP contribution in [0.4, 0.5) is 5.69 Å². The van der Waals surface area contributed by atoms with E-state index in [-0.39, 0.29) is 11.3 Å². The van der Waals surface area contributed by atoms with Crippen LogP contribution in [-0.4, -0.2) is 16.2 Å². The van der Waals surface area contributed by atoms with Gasteiger partial charge in [-0.15, -0.1) is 0 Å². The van der Waals surface area contributed by atoms with Crippen molar-refractivity contribution >= 4 is 11.7 Å². The number of carboxylic acids is 1. The zero-order valence-electron chi connectivity index (χ0n) is 10.4. The van der Waals surface area contributed by atoms with Gasteiger partial charge < -0.3 is 15.5 Å². The van der Waals surface area contributed by atoms with Crippen LogP contribution < -0.4 is 5.32 Å². The number of hydrogen-bond donors (Lipinski definition) is 3. The average Bonchev–Trinajstić information content (AvgIpc) is 2.47. The van der Waals surface area contributed by atoms with Crippen LogP contribution in [0.2, 0.25) is 0 Å². The van der Waals surface area contributed by atoms with Crippen LogP contribution >= 0.6 is 0 Å². The van der Waals surface area contributed by atoms with Crippen molar-refractivity contribution in [3.05, 3.63) is 59.7 Å². The third kappa shape index (κ3) is 2.87. The van der Waals surface area contributed by atoms with Gasteiger partial charge in [0.05, 0.1) is 6.07 Å². The summed E-state index contributed by atoms with van der Waals surface area (Å²) >= 11 is 0. The summed E-state index contributed by atoms with van der Waals surface area (Å²) in [5, 5.41) is 30.5. The molecule has 1 atom stereocenters. The molecule has 0 bridgehead atoms. The molecule has 0 amide bonds. The number of anilines is 1. The highest BCUT2D eigenvalue weighted by Gasteiger charge is 2.13. The van der Waals surface area contributed by atoms with Gasteiger partial charge in [-0.25, -0.2) is 4.79 Å². The Labute approximate surface area is 115 Å². The lowest BCUT2D eigenvalue weighted by molar-refractivity contribution is 0.0694. The molecule has 0 saturated heterocycles. The summed E-state index contributed by atoms with van der Waals surface area (Å²) in [6, 6.07) is 14.7. The minimum absolute atomic E-state index is 0.209. The van der Waals surface area contributed by atoms with Crippen molar-refractivity contribution in [1.82, 2.24) is 0 Å². The van der Waals surface area contributed by atoms with E-state index in [0.717, 1.165) is 5.56 Å². The molecule has 1 unspecified atom stereocenters. The summed E-state index contributed by atoms with van der Waals surface area (Å²) in [5.41, 5.74) is 1.02. The number of nitrogens with one attached hydrogen (secondary N) is 1. The Morgan fingerprint density at radius 2 is 1.90 bits per heavy atom. The summed E-state index contributed by atoms with van der Waals surface area (Å²) in [5.74, 6) is -1.53. The van der Waals surface area contributed by atoms with Gasteiger partial charge in [0.15, 0.2) is 0 Å². The highest BCUT2D eigenvalue weighted by molar-refractivity contribution is 5.92. The molecule has 0 fully saturated rings. The van der Waals surface area contributed by atoms with Crippen molar-refractivity contribution in [1.29, 1.82) is 5.26 Å². The lowest BCUT2D eigenvalue weighted by Gasteiger charge is -2.14. The predicted molar refractivity (Wildman–Crippen MR) is 73.5 cm³/mol. The van der Waals surface area contributed by atoms with E-state index < -0.39 is 12.0 Å². The Kier molecular flexibility index (Phi) is 3.87. The monoisotopic (exact) mass is 268 g/mol. The van der Waals surface area contributed by atoms with E-state index in [2.05, 4.69) is 11.4 Å². The van der Waals surface area contributed by atoms with Crippen molar-refractivity contribution in [2.45, 2.75) is 6.04 Å². The maximum absolute atomic E-state index is 10.9. The number of hydrogen-bond acceptors (Lipinski definition) is 4. The van der Waals surface area contributed by atoms with Gasteiger partial charge in [-0.1, -0.05) is 30.3 Å². The molecule has 100 valence electrons. The van der Waals surface area contributed by atoms with Crippen molar-refractivity contribution in [3.8, 4) is 11.8 Å². The van der Waals surface area contributed by atoms with E-state index in [0.29, 0.717) is 5.69 Å². The number of carbonyl (C=O) groups is 1. The zero-order valence-corrected chi connectivity index (χ0v) is 10.4. The first-order chi connectivity index (χ1) is 9.61. The number of carboxylic acid groups (broad SMARTS) is 1. The number of nitrogens with zero attached hydrogens (tertiary/aromatic N) is 1. The second kappa shape index (κ2) is 5.76. The molecular formula is C15H12N2O3. The summed E-state index contributed by atoms with van der Waals surface area (Å²) in [6.45, 7) is 0. The highest BCUT2D eigenvalue weighted by atomic mass is 16.4. The Hall–Kier alpha value is -3.00. The molecule has 0 aliphatic carbocycles. The van der Waals surface area contributed by atoms with Crippen molar-refractivity contribution in [2.75, 3.05) is 5.32 Å². The summed E-state index contributed by atoms with van der Waals surface area (Å²) in [6.07, 6.45) is 0. The molecule has 0 aliphatic heterocycles. The van der Waals surface area contributed by atoms with E-state index in [1.54, 1.807) is 12.1 Å². The molecule has 2 rings (SSSR count). The van der Waals surface area contributed by atoms with Gasteiger partial charge in [-0.2, -0.15) is 5.26 Å². The van der Waals surface area contributed by atoms with E-state index >= 15 is 0 Å². The molecule has 5 heteroatoms. The lowest BCUT2D eigenvalue weighted by Crippen LogP contribution is -2.09. The molecule has 3 N–H and O–H groups in total. The van der Waals surface area contributed by atoms with Gasteiger partial charge in [-0.3, -0.25) is 0 Å². The normalized spacial score (nSPS) is 11.3. The van der Waals surface area contributed by atoms with Crippen molar-refractivity contribution in [3.63, 3.8) is 0 Å². The molecule has 2 aromatic carbocycles. The Morgan fingerprint density at radius 3 is 2.50 bits per heavy atom. The fourth-order valence-corrected chi connectivity index (χ4v) is 1.80. The Bertz CT molecular complexity index is 663. The average molecular weight is 268 g/mol. The SMILES string of the molecule is N#CC(Nc1ccc(O)c(C(=O)O)c1)c1ccccc1. The van der Waals surface area contributed by atoms with Gasteiger partial charge in [0.25, 0.3) is 0 Å². The number of rotatable bonds is 4. The topological polar surface area (TPSA) is 93.4 Å². The Balaban J connectivity index is 2.27. The maximum Gasteiger partial charge on any atom is 0.339 e. The molecule has 0 aliphatic rings. The lowest BCUT2D eigenvalue weighted by atomic mass is 10.1. The van der Waals surface area contributed by atoms with Crippen LogP contribution in [0.1, 0.15) is 22.0 Å². The van der Waals surface area contributed by atoms with Gasteiger partial charge in [-0.05, 0) is 23.8 Å². The van der Waals surface area contributed by atoms with Crippen LogP contribution in [0.15, 0.2) is 48.5 Å². The first kappa shape index (κ1) is 13.4. The number of nitriles is 1. The van der Waals surface area contributed by atoms with E-state index in [1.807, 2.05) is 18.2 Å². The summed E-state index contributed by atoms with van der Waals surface area (Å²) in [4.78, 5) is 10.9. The zero-order chi connectivity index (χ0) is 14.5. The fraction of sp³-hybridized carbons (Fsp3) is 0.0667. The second-order valence-electron chi connectivity index (χ2n) is 4.15. The standard InChI is InChI=1S/C15H12N2O3/c16-9-13(10-4-2-1-3-5-10)17-11-6-7-14(18)12(8-11)15(19)20/h1-8,13,17-18H,(H,19,20). The molecule has 5 nitrogen and oxygen atoms in total. The molecule has 0 radical (unpaired) electrons. The number of phenols is 1. The Morgan fingerprint density at radius 1 is 1.20 bits per heavy atom. The van der Waals surface area contributed by atoms with E-state index in [4.69, 9.17) is 5.11 Å². The largest absolute Gasteiger partial charge is 0.507 e. The fourth-order valence-electron chi connectivity index (χ4n) is 1.80. The van der Waals surface area contributed by atoms with Crippen LogP contribution in [0, 0.1) is 11.3 Å². The summed E-state index contributed by atoms with van der Waals surface area (Å²) < 4.78 is 0. The van der Waals surface area contributed by atoms with E-state index in [9.17, 15) is 15.2 Å². The molecule has 0 spiro atoms. The first-order valence-corrected chi connectivity index (χ1v) is 5.89. The van der Waals surface area contributed by atoms with Gasteiger partial charge in [0.1, 0.15) is 17.4 Å². The summed E-state index contributed by atoms with van der Waals surface area (Å²) in [7, 11) is 0. The highest BCUT2D eigenvalue weighted by Crippen LogP contribution is 2.24. The first-order valence-electron chi connectivity index (χ1n) is 5.89. The van der Waals surface area contributed by atoms with Crippen molar-refractivity contribution in [2.24, 2.45) is 0 Å². The second-order valence-corrected chi connectivity index (χ2v) is 4.15. The maximum atomic E-state index is 10.9.